The van der Waals surface area contributed by atoms with Crippen LogP contribution in [0.4, 0.5) is 5.82 Å². The number of benzene rings is 3. The third-order valence-electron chi connectivity index (χ3n) is 8.88. The smallest absolute Gasteiger partial charge is 0.243 e. The lowest BCUT2D eigenvalue weighted by Gasteiger charge is -2.30. The molecule has 5 aromatic rings. The number of fused-ring (bicyclic) bond motifs is 1. The SMILES string of the molecule is OC1(c2ccc3c(NC4CCCC4)nc(Cl)nn23)O[C@H](COCc2ccccc2)[C@@H](OCc2ccccc2)[C@H]1OCc1ccccc1. The average Bonchev–Trinajstić information content (AvgIpc) is 3.83. The number of rotatable bonds is 13. The highest BCUT2D eigenvalue weighted by Gasteiger charge is 2.58. The van der Waals surface area contributed by atoms with Gasteiger partial charge >= 0.3 is 0 Å². The first-order valence-electron chi connectivity index (χ1n) is 16.2. The molecule has 2 N–H and O–H groups in total. The Bertz CT molecular complexity index is 1740. The molecule has 2 aliphatic rings. The van der Waals surface area contributed by atoms with Crippen LogP contribution in [0, 0.1) is 0 Å². The third-order valence-corrected chi connectivity index (χ3v) is 9.04. The van der Waals surface area contributed by atoms with E-state index < -0.39 is 24.1 Å². The van der Waals surface area contributed by atoms with Crippen molar-refractivity contribution in [3.05, 3.63) is 131 Å². The minimum atomic E-state index is -1.97. The van der Waals surface area contributed by atoms with Crippen molar-refractivity contribution in [1.29, 1.82) is 0 Å². The molecule has 0 amide bonds. The maximum absolute atomic E-state index is 12.7. The van der Waals surface area contributed by atoms with Gasteiger partial charge in [-0.2, -0.15) is 4.98 Å². The molecule has 7 rings (SSSR count). The van der Waals surface area contributed by atoms with Crippen LogP contribution in [-0.2, 0) is 44.6 Å². The van der Waals surface area contributed by atoms with Gasteiger partial charge in [0.25, 0.3) is 0 Å². The summed E-state index contributed by atoms with van der Waals surface area (Å²) in [6.07, 6.45) is 2.15. The summed E-state index contributed by atoms with van der Waals surface area (Å²) in [6, 6.07) is 33.6. The number of hydrogen-bond acceptors (Lipinski definition) is 8. The van der Waals surface area contributed by atoms with Crippen molar-refractivity contribution in [1.82, 2.24) is 14.6 Å². The molecular formula is C37H39ClN4O5. The molecule has 9 nitrogen and oxygen atoms in total. The Hall–Kier alpha value is -3.83. The van der Waals surface area contributed by atoms with Gasteiger partial charge in [-0.05, 0) is 53.3 Å². The predicted octanol–water partition coefficient (Wildman–Crippen LogP) is 6.67. The van der Waals surface area contributed by atoms with Crippen LogP contribution < -0.4 is 5.32 Å². The van der Waals surface area contributed by atoms with Crippen LogP contribution in [0.5, 0.6) is 0 Å². The standard InChI is InChI=1S/C37H39ClN4O5/c38-36-40-35(39-29-18-10-11-19-29)30-20-21-32(42(30)41-36)37(43)34(46-24-28-16-8-3-9-17-28)33(45-23-27-14-6-2-7-15-27)31(47-37)25-44-22-26-12-4-1-5-13-26/h1-9,12-17,20-21,29,31,33-34,43H,10-11,18-19,22-25H2,(H,39,40,41)/t31-,33-,34-,37?/m1/s1. The summed E-state index contributed by atoms with van der Waals surface area (Å²) in [5, 5.41) is 20.8. The predicted molar refractivity (Wildman–Crippen MR) is 179 cm³/mol. The fourth-order valence-electron chi connectivity index (χ4n) is 6.53. The first-order valence-corrected chi connectivity index (χ1v) is 16.6. The zero-order chi connectivity index (χ0) is 32.1. The minimum Gasteiger partial charge on any atom is -0.374 e. The van der Waals surface area contributed by atoms with Gasteiger partial charge in [0.1, 0.15) is 29.5 Å². The highest BCUT2D eigenvalue weighted by atomic mass is 35.5. The van der Waals surface area contributed by atoms with Crippen LogP contribution in [0.2, 0.25) is 5.28 Å². The lowest BCUT2D eigenvalue weighted by molar-refractivity contribution is -0.255. The molecule has 47 heavy (non-hydrogen) atoms. The quantitative estimate of drug-likeness (QED) is 0.145. The summed E-state index contributed by atoms with van der Waals surface area (Å²) in [4.78, 5) is 4.51. The molecule has 1 saturated carbocycles. The van der Waals surface area contributed by atoms with Crippen molar-refractivity contribution in [2.75, 3.05) is 11.9 Å². The largest absolute Gasteiger partial charge is 0.374 e. The summed E-state index contributed by atoms with van der Waals surface area (Å²) >= 11 is 6.49. The van der Waals surface area contributed by atoms with Gasteiger partial charge in [-0.25, -0.2) is 4.52 Å². The first kappa shape index (κ1) is 31.8. The van der Waals surface area contributed by atoms with E-state index in [1.54, 1.807) is 10.6 Å². The van der Waals surface area contributed by atoms with Crippen molar-refractivity contribution >= 4 is 22.9 Å². The van der Waals surface area contributed by atoms with Gasteiger partial charge in [0.2, 0.25) is 11.1 Å². The fourth-order valence-corrected chi connectivity index (χ4v) is 6.69. The first-order chi connectivity index (χ1) is 23.1. The molecule has 10 heteroatoms. The lowest BCUT2D eigenvalue weighted by atomic mass is 10.0. The molecule has 1 aliphatic heterocycles. The van der Waals surface area contributed by atoms with Crippen LogP contribution >= 0.6 is 11.6 Å². The Morgan fingerprint density at radius 2 is 1.40 bits per heavy atom. The molecule has 2 aromatic heterocycles. The van der Waals surface area contributed by atoms with E-state index >= 15 is 0 Å². The number of halogens is 1. The molecule has 3 heterocycles. The lowest BCUT2D eigenvalue weighted by Crippen LogP contribution is -2.45. The summed E-state index contributed by atoms with van der Waals surface area (Å²) < 4.78 is 27.5. The van der Waals surface area contributed by atoms with Crippen LogP contribution in [0.1, 0.15) is 48.1 Å². The van der Waals surface area contributed by atoms with Crippen LogP contribution in [0.25, 0.3) is 5.52 Å². The van der Waals surface area contributed by atoms with E-state index in [4.69, 9.17) is 30.5 Å². The molecular weight excluding hydrogens is 616 g/mol. The molecule has 1 saturated heterocycles. The maximum atomic E-state index is 12.7. The van der Waals surface area contributed by atoms with Crippen LogP contribution in [0.15, 0.2) is 103 Å². The Labute approximate surface area is 279 Å². The van der Waals surface area contributed by atoms with Gasteiger partial charge in [-0.15, -0.1) is 5.10 Å². The zero-order valence-electron chi connectivity index (χ0n) is 26.1. The molecule has 1 unspecified atom stereocenters. The van der Waals surface area contributed by atoms with E-state index in [2.05, 4.69) is 15.4 Å². The van der Waals surface area contributed by atoms with Crippen LogP contribution in [0.3, 0.4) is 0 Å². The van der Waals surface area contributed by atoms with Crippen LogP contribution in [-0.4, -0.2) is 50.7 Å². The van der Waals surface area contributed by atoms with E-state index in [1.165, 1.54) is 12.8 Å². The Balaban J connectivity index is 1.24. The van der Waals surface area contributed by atoms with Crippen molar-refractivity contribution < 1.29 is 24.1 Å². The summed E-state index contributed by atoms with van der Waals surface area (Å²) in [5.41, 5.74) is 4.02. The maximum Gasteiger partial charge on any atom is 0.243 e. The van der Waals surface area contributed by atoms with Gasteiger partial charge in [0, 0.05) is 6.04 Å². The molecule has 0 radical (unpaired) electrons. The second-order valence-electron chi connectivity index (χ2n) is 12.2. The molecule has 244 valence electrons. The van der Waals surface area contributed by atoms with Gasteiger partial charge in [-0.3, -0.25) is 0 Å². The molecule has 4 atom stereocenters. The van der Waals surface area contributed by atoms with E-state index in [9.17, 15) is 5.11 Å². The summed E-state index contributed by atoms with van der Waals surface area (Å²) in [7, 11) is 0. The molecule has 3 aromatic carbocycles. The van der Waals surface area contributed by atoms with Gasteiger partial charge in [-0.1, -0.05) is 104 Å². The number of hydrogen-bond donors (Lipinski definition) is 2. The van der Waals surface area contributed by atoms with E-state index in [0.717, 1.165) is 29.5 Å². The van der Waals surface area contributed by atoms with Gasteiger partial charge < -0.3 is 29.4 Å². The molecule has 2 fully saturated rings. The van der Waals surface area contributed by atoms with E-state index in [0.29, 0.717) is 36.3 Å². The van der Waals surface area contributed by atoms with E-state index in [1.807, 2.05) is 97.1 Å². The van der Waals surface area contributed by atoms with Crippen molar-refractivity contribution in [2.24, 2.45) is 0 Å². The van der Waals surface area contributed by atoms with Gasteiger partial charge in [0.05, 0.1) is 26.4 Å². The minimum absolute atomic E-state index is 0.0541. The molecule has 1 aliphatic carbocycles. The summed E-state index contributed by atoms with van der Waals surface area (Å²) in [5.74, 6) is -1.35. The third kappa shape index (κ3) is 7.21. The summed E-state index contributed by atoms with van der Waals surface area (Å²) in [6.45, 7) is 1.07. The number of ether oxygens (including phenoxy) is 4. The second kappa shape index (κ2) is 14.5. The molecule has 0 spiro atoms. The number of nitrogens with one attached hydrogen (secondary N) is 1. The Morgan fingerprint density at radius 3 is 2.04 bits per heavy atom. The Morgan fingerprint density at radius 1 is 0.809 bits per heavy atom. The monoisotopic (exact) mass is 654 g/mol. The topological polar surface area (TPSA) is 99.4 Å². The average molecular weight is 655 g/mol. The zero-order valence-corrected chi connectivity index (χ0v) is 26.8. The number of nitrogens with zero attached hydrogens (tertiary/aromatic N) is 3. The number of aromatic nitrogens is 3. The van der Waals surface area contributed by atoms with Crippen molar-refractivity contribution in [2.45, 2.75) is 75.6 Å². The van der Waals surface area contributed by atoms with Gasteiger partial charge in [0.15, 0.2) is 5.82 Å². The van der Waals surface area contributed by atoms with E-state index in [-0.39, 0.29) is 18.5 Å². The number of aliphatic hydroxyl groups is 1. The van der Waals surface area contributed by atoms with Crippen molar-refractivity contribution in [3.8, 4) is 0 Å². The second-order valence-corrected chi connectivity index (χ2v) is 12.5. The molecule has 0 bridgehead atoms. The number of anilines is 1. The highest BCUT2D eigenvalue weighted by molar-refractivity contribution is 6.28. The fraction of sp³-hybridized carbons (Fsp3) is 0.351. The normalized spacial score (nSPS) is 23.1. The van der Waals surface area contributed by atoms with Crippen molar-refractivity contribution in [3.63, 3.8) is 0 Å². The highest BCUT2D eigenvalue weighted by Crippen LogP contribution is 2.43. The Kier molecular flexibility index (Phi) is 9.81.